The molecule has 0 aliphatic rings. The number of hydrogen-bond donors (Lipinski definition) is 1. The van der Waals surface area contributed by atoms with Crippen LogP contribution in [-0.4, -0.2) is 26.6 Å². The lowest BCUT2D eigenvalue weighted by atomic mass is 10.2. The van der Waals surface area contributed by atoms with Crippen LogP contribution in [0.2, 0.25) is 10.0 Å². The first-order valence-corrected chi connectivity index (χ1v) is 9.61. The van der Waals surface area contributed by atoms with Crippen molar-refractivity contribution in [1.82, 2.24) is 0 Å². The van der Waals surface area contributed by atoms with Gasteiger partial charge in [-0.1, -0.05) is 41.4 Å². The van der Waals surface area contributed by atoms with Gasteiger partial charge in [0.05, 0.1) is 22.0 Å². The molecule has 0 radical (unpaired) electrons. The predicted octanol–water partition coefficient (Wildman–Crippen LogP) is 3.79. The standard InChI is InChI=1S/C16H16Cl2N2O3S/c1-11(16(21)19-12-8-9-14(17)15(18)10-12)20(24(2,22)23)13-6-4-3-5-7-13/h3-11H,1-2H3,(H,19,21). The lowest BCUT2D eigenvalue weighted by Gasteiger charge is -2.28. The second-order valence-electron chi connectivity index (χ2n) is 5.19. The minimum absolute atomic E-state index is 0.296. The molecule has 0 saturated heterocycles. The summed E-state index contributed by atoms with van der Waals surface area (Å²) < 4.78 is 25.3. The zero-order valence-corrected chi connectivity index (χ0v) is 15.4. The Kier molecular flexibility index (Phi) is 5.74. The Hall–Kier alpha value is -1.76. The molecule has 1 unspecified atom stereocenters. The van der Waals surface area contributed by atoms with E-state index in [9.17, 15) is 13.2 Å². The number of sulfonamides is 1. The van der Waals surface area contributed by atoms with E-state index >= 15 is 0 Å². The van der Waals surface area contributed by atoms with Crippen LogP contribution < -0.4 is 9.62 Å². The Morgan fingerprint density at radius 1 is 1.08 bits per heavy atom. The third-order valence-corrected chi connectivity index (χ3v) is 5.27. The van der Waals surface area contributed by atoms with Gasteiger partial charge >= 0.3 is 0 Å². The Morgan fingerprint density at radius 2 is 1.71 bits per heavy atom. The molecule has 0 saturated carbocycles. The molecule has 0 fully saturated rings. The summed E-state index contributed by atoms with van der Waals surface area (Å²) in [5.74, 6) is -0.484. The minimum atomic E-state index is -3.64. The summed E-state index contributed by atoms with van der Waals surface area (Å²) in [6.45, 7) is 1.51. The van der Waals surface area contributed by atoms with E-state index in [1.54, 1.807) is 42.5 Å². The second kappa shape index (κ2) is 7.42. The fourth-order valence-electron chi connectivity index (χ4n) is 2.20. The Bertz CT molecular complexity index is 842. The Labute approximate surface area is 151 Å². The Morgan fingerprint density at radius 3 is 2.25 bits per heavy atom. The maximum Gasteiger partial charge on any atom is 0.247 e. The van der Waals surface area contributed by atoms with Crippen molar-refractivity contribution in [3.63, 3.8) is 0 Å². The highest BCUT2D eigenvalue weighted by molar-refractivity contribution is 7.92. The number of carbonyl (C=O) groups is 1. The highest BCUT2D eigenvalue weighted by atomic mass is 35.5. The van der Waals surface area contributed by atoms with Crippen LogP contribution in [0.1, 0.15) is 6.92 Å². The van der Waals surface area contributed by atoms with Crippen molar-refractivity contribution in [2.45, 2.75) is 13.0 Å². The normalized spacial score (nSPS) is 12.5. The summed E-state index contributed by atoms with van der Waals surface area (Å²) >= 11 is 11.8. The van der Waals surface area contributed by atoms with Crippen LogP contribution >= 0.6 is 23.2 Å². The lowest BCUT2D eigenvalue weighted by molar-refractivity contribution is -0.116. The summed E-state index contributed by atoms with van der Waals surface area (Å²) in [4.78, 5) is 12.5. The molecule has 24 heavy (non-hydrogen) atoms. The van der Waals surface area contributed by atoms with Gasteiger partial charge in [-0.25, -0.2) is 8.42 Å². The molecule has 128 valence electrons. The maximum absolute atomic E-state index is 12.5. The summed E-state index contributed by atoms with van der Waals surface area (Å²) in [5.41, 5.74) is 0.847. The number of nitrogens with one attached hydrogen (secondary N) is 1. The number of anilines is 2. The average Bonchev–Trinajstić information content (AvgIpc) is 2.50. The van der Waals surface area contributed by atoms with Gasteiger partial charge in [-0.15, -0.1) is 0 Å². The van der Waals surface area contributed by atoms with E-state index < -0.39 is 22.0 Å². The van der Waals surface area contributed by atoms with Gasteiger partial charge in [-0.3, -0.25) is 9.10 Å². The molecule has 0 aliphatic heterocycles. The highest BCUT2D eigenvalue weighted by Crippen LogP contribution is 2.26. The molecule has 0 heterocycles. The molecule has 1 N–H and O–H groups in total. The van der Waals surface area contributed by atoms with Crippen molar-refractivity contribution in [3.05, 3.63) is 58.6 Å². The van der Waals surface area contributed by atoms with E-state index in [0.717, 1.165) is 10.6 Å². The average molecular weight is 387 g/mol. The van der Waals surface area contributed by atoms with Crippen LogP contribution in [0.5, 0.6) is 0 Å². The van der Waals surface area contributed by atoms with Crippen molar-refractivity contribution in [2.75, 3.05) is 15.9 Å². The van der Waals surface area contributed by atoms with Crippen LogP contribution in [0.4, 0.5) is 11.4 Å². The molecule has 5 nitrogen and oxygen atoms in total. The topological polar surface area (TPSA) is 66.5 Å². The molecule has 0 aromatic heterocycles. The third kappa shape index (κ3) is 4.41. The minimum Gasteiger partial charge on any atom is -0.324 e. The van der Waals surface area contributed by atoms with E-state index in [1.807, 2.05) is 0 Å². The largest absolute Gasteiger partial charge is 0.324 e. The van der Waals surface area contributed by atoms with Gasteiger partial charge in [0, 0.05) is 5.69 Å². The number of benzene rings is 2. The molecule has 0 aliphatic carbocycles. The maximum atomic E-state index is 12.5. The van der Waals surface area contributed by atoms with Gasteiger partial charge in [0.25, 0.3) is 0 Å². The van der Waals surface area contributed by atoms with Gasteiger partial charge in [0.15, 0.2) is 0 Å². The number of halogens is 2. The summed E-state index contributed by atoms with van der Waals surface area (Å²) in [6.07, 6.45) is 1.06. The van der Waals surface area contributed by atoms with Gasteiger partial charge < -0.3 is 5.32 Å². The van der Waals surface area contributed by atoms with Crippen molar-refractivity contribution in [3.8, 4) is 0 Å². The zero-order valence-electron chi connectivity index (χ0n) is 13.0. The van der Waals surface area contributed by atoms with Crippen LogP contribution in [0.3, 0.4) is 0 Å². The number of rotatable bonds is 5. The Balaban J connectivity index is 2.27. The summed E-state index contributed by atoms with van der Waals surface area (Å²) in [6, 6.07) is 12.1. The second-order valence-corrected chi connectivity index (χ2v) is 7.86. The predicted molar refractivity (Wildman–Crippen MR) is 98.3 cm³/mol. The smallest absolute Gasteiger partial charge is 0.247 e. The quantitative estimate of drug-likeness (QED) is 0.849. The number of carbonyl (C=O) groups excluding carboxylic acids is 1. The van der Waals surface area contributed by atoms with E-state index in [1.165, 1.54) is 13.0 Å². The summed E-state index contributed by atoms with van der Waals surface area (Å²) in [7, 11) is -3.64. The summed E-state index contributed by atoms with van der Waals surface area (Å²) in [5, 5.41) is 3.31. The van der Waals surface area contributed by atoms with E-state index in [2.05, 4.69) is 5.32 Å². The van der Waals surface area contributed by atoms with Crippen LogP contribution in [0, 0.1) is 0 Å². The fraction of sp³-hybridized carbons (Fsp3) is 0.188. The molecule has 0 bridgehead atoms. The third-order valence-electron chi connectivity index (χ3n) is 3.29. The van der Waals surface area contributed by atoms with Crippen molar-refractivity contribution in [1.29, 1.82) is 0 Å². The number of nitrogens with zero attached hydrogens (tertiary/aromatic N) is 1. The molecule has 2 aromatic carbocycles. The zero-order chi connectivity index (χ0) is 17.9. The first-order chi connectivity index (χ1) is 11.2. The van der Waals surface area contributed by atoms with Gasteiger partial charge in [0.2, 0.25) is 15.9 Å². The van der Waals surface area contributed by atoms with E-state index in [4.69, 9.17) is 23.2 Å². The molecule has 1 amide bonds. The number of para-hydroxylation sites is 1. The van der Waals surface area contributed by atoms with Crippen molar-refractivity contribution < 1.29 is 13.2 Å². The van der Waals surface area contributed by atoms with Crippen molar-refractivity contribution in [2.24, 2.45) is 0 Å². The van der Waals surface area contributed by atoms with Gasteiger partial charge in [-0.05, 0) is 37.3 Å². The molecular formula is C16H16Cl2N2O3S. The first-order valence-electron chi connectivity index (χ1n) is 7.00. The van der Waals surface area contributed by atoms with Gasteiger partial charge in [-0.2, -0.15) is 0 Å². The molecule has 0 spiro atoms. The van der Waals surface area contributed by atoms with Crippen molar-refractivity contribution >= 4 is 50.5 Å². The SMILES string of the molecule is CC(C(=O)Nc1ccc(Cl)c(Cl)c1)N(c1ccccc1)S(C)(=O)=O. The van der Waals surface area contributed by atoms with E-state index in [0.29, 0.717) is 21.4 Å². The lowest BCUT2D eigenvalue weighted by Crippen LogP contribution is -2.45. The monoisotopic (exact) mass is 386 g/mol. The number of hydrogen-bond acceptors (Lipinski definition) is 3. The molecule has 1 atom stereocenters. The first kappa shape index (κ1) is 18.6. The van der Waals surface area contributed by atoms with Gasteiger partial charge in [0.1, 0.15) is 6.04 Å². The van der Waals surface area contributed by atoms with Crippen LogP contribution in [0.25, 0.3) is 0 Å². The number of amides is 1. The van der Waals surface area contributed by atoms with Crippen LogP contribution in [-0.2, 0) is 14.8 Å². The fourth-order valence-corrected chi connectivity index (χ4v) is 3.68. The molecular weight excluding hydrogens is 371 g/mol. The van der Waals surface area contributed by atoms with Crippen LogP contribution in [0.15, 0.2) is 48.5 Å². The van der Waals surface area contributed by atoms with E-state index in [-0.39, 0.29) is 0 Å². The molecule has 8 heteroatoms. The highest BCUT2D eigenvalue weighted by Gasteiger charge is 2.29. The molecule has 2 rings (SSSR count). The molecule has 2 aromatic rings.